The molecule has 0 saturated heterocycles. The van der Waals surface area contributed by atoms with Crippen molar-refractivity contribution in [3.8, 4) is 0 Å². The van der Waals surface area contributed by atoms with E-state index in [1.807, 2.05) is 0 Å². The summed E-state index contributed by atoms with van der Waals surface area (Å²) in [7, 11) is 2.23. The third-order valence-corrected chi connectivity index (χ3v) is 7.97. The third kappa shape index (κ3) is 19.0. The average molecular weight is 490 g/mol. The lowest BCUT2D eigenvalue weighted by Gasteiger charge is -2.05. The van der Waals surface area contributed by atoms with E-state index in [0.29, 0.717) is 0 Å². The smallest absolute Gasteiger partial charge is 0.237 e. The first-order valence-electron chi connectivity index (χ1n) is 16.3. The van der Waals surface area contributed by atoms with Crippen LogP contribution in [0, 0.1) is 0 Å². The molecule has 0 aliphatic rings. The summed E-state index contributed by atoms with van der Waals surface area (Å²) in [5.41, 5.74) is 0. The van der Waals surface area contributed by atoms with Crippen molar-refractivity contribution in [1.82, 2.24) is 4.57 Å². The lowest BCUT2D eigenvalue weighted by Crippen LogP contribution is -2.37. The Morgan fingerprint density at radius 1 is 0.486 bits per heavy atom. The van der Waals surface area contributed by atoms with Crippen LogP contribution in [0.15, 0.2) is 12.4 Å². The highest BCUT2D eigenvalue weighted by Crippen LogP contribution is 2.15. The third-order valence-electron chi connectivity index (χ3n) is 7.97. The maximum absolute atomic E-state index is 2.53. The van der Waals surface area contributed by atoms with Crippen molar-refractivity contribution in [2.75, 3.05) is 0 Å². The molecular formula is C33H65N2+. The van der Waals surface area contributed by atoms with Gasteiger partial charge in [-0.05, 0) is 19.3 Å². The fourth-order valence-electron chi connectivity index (χ4n) is 5.50. The van der Waals surface area contributed by atoms with Gasteiger partial charge in [0.15, 0.2) is 0 Å². The maximum atomic E-state index is 2.53. The Balaban J connectivity index is 1.91. The van der Waals surface area contributed by atoms with Gasteiger partial charge in [-0.15, -0.1) is 0 Å². The van der Waals surface area contributed by atoms with Crippen LogP contribution < -0.4 is 4.57 Å². The predicted molar refractivity (Wildman–Crippen MR) is 156 cm³/mol. The van der Waals surface area contributed by atoms with Crippen LogP contribution in [0.3, 0.4) is 0 Å². The predicted octanol–water partition coefficient (Wildman–Crippen LogP) is 10.6. The van der Waals surface area contributed by atoms with Crippen LogP contribution in [-0.4, -0.2) is 4.57 Å². The molecule has 0 radical (unpaired) electrons. The van der Waals surface area contributed by atoms with E-state index < -0.39 is 0 Å². The van der Waals surface area contributed by atoms with Gasteiger partial charge in [-0.1, -0.05) is 155 Å². The Morgan fingerprint density at radius 3 is 1.23 bits per heavy atom. The fourth-order valence-corrected chi connectivity index (χ4v) is 5.50. The van der Waals surface area contributed by atoms with Gasteiger partial charge in [-0.3, -0.25) is 0 Å². The van der Waals surface area contributed by atoms with E-state index in [1.165, 1.54) is 179 Å². The van der Waals surface area contributed by atoms with Gasteiger partial charge in [0, 0.05) is 6.42 Å². The Bertz CT molecular complexity index is 547. The highest BCUT2D eigenvalue weighted by atomic mass is 15.1. The summed E-state index contributed by atoms with van der Waals surface area (Å²) in [6.45, 7) is 5.82. The highest BCUT2D eigenvalue weighted by molar-refractivity contribution is 4.82. The van der Waals surface area contributed by atoms with Crippen LogP contribution in [0.25, 0.3) is 0 Å². The summed E-state index contributed by atoms with van der Waals surface area (Å²) >= 11 is 0. The fraction of sp³-hybridized carbons (Fsp3) is 0.909. The zero-order valence-electron chi connectivity index (χ0n) is 24.6. The van der Waals surface area contributed by atoms with Crippen molar-refractivity contribution in [3.63, 3.8) is 0 Å². The van der Waals surface area contributed by atoms with Crippen molar-refractivity contribution >= 4 is 0 Å². The van der Waals surface area contributed by atoms with Crippen molar-refractivity contribution in [2.24, 2.45) is 7.05 Å². The molecule has 0 aliphatic carbocycles. The summed E-state index contributed by atoms with van der Waals surface area (Å²) in [6, 6.07) is 0. The second-order valence-corrected chi connectivity index (χ2v) is 11.4. The second kappa shape index (κ2) is 24.9. The van der Waals surface area contributed by atoms with Gasteiger partial charge < -0.3 is 0 Å². The van der Waals surface area contributed by atoms with E-state index in [9.17, 15) is 0 Å². The van der Waals surface area contributed by atoms with Crippen LogP contribution in [0.4, 0.5) is 0 Å². The molecular weight excluding hydrogens is 424 g/mol. The normalized spacial score (nSPS) is 11.5. The SMILES string of the molecule is CCCCCCCCCCCCCCCCCCCc1n(C)cc[n+]1CCCCCCCCCC. The molecule has 35 heavy (non-hydrogen) atoms. The van der Waals surface area contributed by atoms with Crippen molar-refractivity contribution in [2.45, 2.75) is 187 Å². The molecule has 0 aliphatic heterocycles. The second-order valence-electron chi connectivity index (χ2n) is 11.4. The average Bonchev–Trinajstić information content (AvgIpc) is 3.21. The molecule has 0 unspecified atom stereocenters. The first-order chi connectivity index (χ1) is 17.3. The number of hydrogen-bond donors (Lipinski definition) is 0. The topological polar surface area (TPSA) is 8.81 Å². The van der Waals surface area contributed by atoms with E-state index in [4.69, 9.17) is 0 Å². The van der Waals surface area contributed by atoms with Crippen molar-refractivity contribution < 1.29 is 4.57 Å². The Hall–Kier alpha value is -0.790. The first kappa shape index (κ1) is 32.2. The van der Waals surface area contributed by atoms with E-state index in [-0.39, 0.29) is 0 Å². The largest absolute Gasteiger partial charge is 0.256 e. The monoisotopic (exact) mass is 490 g/mol. The van der Waals surface area contributed by atoms with Crippen molar-refractivity contribution in [3.05, 3.63) is 18.2 Å². The molecule has 2 heteroatoms. The maximum Gasteiger partial charge on any atom is 0.256 e. The molecule has 0 aromatic carbocycles. The van der Waals surface area contributed by atoms with Gasteiger partial charge in [-0.2, -0.15) is 0 Å². The molecule has 1 rings (SSSR count). The molecule has 1 aromatic rings. The quantitative estimate of drug-likeness (QED) is 0.0858. The number of hydrogen-bond acceptors (Lipinski definition) is 0. The lowest BCUT2D eigenvalue weighted by molar-refractivity contribution is -0.704. The van der Waals surface area contributed by atoms with E-state index in [1.54, 1.807) is 0 Å². The minimum absolute atomic E-state index is 1.21. The van der Waals surface area contributed by atoms with Crippen LogP contribution in [0.1, 0.15) is 180 Å². The summed E-state index contributed by atoms with van der Waals surface area (Å²) in [4.78, 5) is 0. The van der Waals surface area contributed by atoms with E-state index in [2.05, 4.69) is 42.4 Å². The van der Waals surface area contributed by atoms with Crippen LogP contribution in [-0.2, 0) is 20.0 Å². The van der Waals surface area contributed by atoms with Gasteiger partial charge in [0.1, 0.15) is 12.4 Å². The number of aromatic nitrogens is 2. The van der Waals surface area contributed by atoms with Crippen LogP contribution >= 0.6 is 0 Å². The summed E-state index contributed by atoms with van der Waals surface area (Å²) in [5, 5.41) is 0. The van der Waals surface area contributed by atoms with Crippen LogP contribution in [0.5, 0.6) is 0 Å². The summed E-state index contributed by atoms with van der Waals surface area (Å²) in [6.07, 6.45) is 41.7. The Morgan fingerprint density at radius 2 is 0.829 bits per heavy atom. The molecule has 0 atom stereocenters. The van der Waals surface area contributed by atoms with Gasteiger partial charge >= 0.3 is 0 Å². The molecule has 1 aromatic heterocycles. The molecule has 206 valence electrons. The van der Waals surface area contributed by atoms with Crippen molar-refractivity contribution in [1.29, 1.82) is 0 Å². The van der Waals surface area contributed by atoms with E-state index >= 15 is 0 Å². The Kier molecular flexibility index (Phi) is 22.9. The standard InChI is InChI=1S/C33H65N2/c1-4-6-8-10-12-14-15-16-17-18-19-20-21-22-23-25-27-29-33-34(3)31-32-35(33)30-28-26-24-13-11-9-7-5-2/h31-32H,4-30H2,1-3H3/q+1. The minimum Gasteiger partial charge on any atom is -0.237 e. The Labute approximate surface area is 221 Å². The van der Waals surface area contributed by atoms with Gasteiger partial charge in [-0.25, -0.2) is 9.13 Å². The zero-order valence-corrected chi connectivity index (χ0v) is 24.6. The number of unbranched alkanes of at least 4 members (excludes halogenated alkanes) is 23. The molecule has 1 heterocycles. The molecule has 2 nitrogen and oxygen atoms in total. The number of rotatable bonds is 27. The molecule has 0 fully saturated rings. The number of imidazole rings is 1. The summed E-state index contributed by atoms with van der Waals surface area (Å²) in [5.74, 6) is 1.54. The molecule has 0 spiro atoms. The van der Waals surface area contributed by atoms with E-state index in [0.717, 1.165) is 0 Å². The lowest BCUT2D eigenvalue weighted by atomic mass is 10.0. The highest BCUT2D eigenvalue weighted by Gasteiger charge is 2.13. The number of aryl methyl sites for hydroxylation is 2. The molecule has 0 N–H and O–H groups in total. The zero-order chi connectivity index (χ0) is 25.2. The molecule has 0 saturated carbocycles. The molecule has 0 bridgehead atoms. The molecule has 0 amide bonds. The minimum atomic E-state index is 1.21. The summed E-state index contributed by atoms with van der Waals surface area (Å²) < 4.78 is 4.89. The van der Waals surface area contributed by atoms with Gasteiger partial charge in [0.25, 0.3) is 5.82 Å². The van der Waals surface area contributed by atoms with Gasteiger partial charge in [0.2, 0.25) is 0 Å². The first-order valence-corrected chi connectivity index (χ1v) is 16.3. The van der Waals surface area contributed by atoms with Crippen LogP contribution in [0.2, 0.25) is 0 Å². The number of nitrogens with zero attached hydrogens (tertiary/aromatic N) is 2. The van der Waals surface area contributed by atoms with Gasteiger partial charge in [0.05, 0.1) is 13.6 Å².